The molecule has 0 fully saturated rings. The Hall–Kier alpha value is -2.54. The molecule has 0 saturated heterocycles. The summed E-state index contributed by atoms with van der Waals surface area (Å²) >= 11 is 0. The fraction of sp³-hybridized carbons (Fsp3) is 0.0833. The van der Waals surface area contributed by atoms with Crippen LogP contribution in [0.1, 0.15) is 16.1 Å². The zero-order chi connectivity index (χ0) is 13.7. The van der Waals surface area contributed by atoms with E-state index in [4.69, 9.17) is 5.84 Å². The van der Waals surface area contributed by atoms with Crippen molar-refractivity contribution in [2.75, 3.05) is 5.43 Å². The van der Waals surface area contributed by atoms with Crippen LogP contribution < -0.4 is 16.6 Å². The SMILES string of the molecule is NNc1cncc(C(=O)NCc2ccc(F)cc2)n1. The minimum absolute atomic E-state index is 0.151. The smallest absolute Gasteiger partial charge is 0.271 e. The molecule has 0 unspecified atom stereocenters. The van der Waals surface area contributed by atoms with Crippen LogP contribution in [0.4, 0.5) is 10.2 Å². The van der Waals surface area contributed by atoms with E-state index in [1.165, 1.54) is 24.5 Å². The van der Waals surface area contributed by atoms with Gasteiger partial charge in [-0.1, -0.05) is 12.1 Å². The molecule has 6 nitrogen and oxygen atoms in total. The lowest BCUT2D eigenvalue weighted by atomic mass is 10.2. The van der Waals surface area contributed by atoms with E-state index >= 15 is 0 Å². The van der Waals surface area contributed by atoms with Gasteiger partial charge < -0.3 is 10.7 Å². The van der Waals surface area contributed by atoms with Gasteiger partial charge in [-0.3, -0.25) is 9.78 Å². The highest BCUT2D eigenvalue weighted by molar-refractivity contribution is 5.92. The molecule has 0 radical (unpaired) electrons. The number of nitrogens with zero attached hydrogens (tertiary/aromatic N) is 2. The predicted octanol–water partition coefficient (Wildman–Crippen LogP) is 0.831. The normalized spacial score (nSPS) is 10.0. The average molecular weight is 261 g/mol. The standard InChI is InChI=1S/C12H12FN5O/c13-9-3-1-8(2-4-9)5-16-12(19)10-6-15-7-11(17-10)18-14/h1-4,6-7H,5,14H2,(H,16,19)(H,17,18). The lowest BCUT2D eigenvalue weighted by molar-refractivity contribution is 0.0945. The molecule has 0 aliphatic heterocycles. The molecule has 7 heteroatoms. The average Bonchev–Trinajstić information content (AvgIpc) is 2.46. The van der Waals surface area contributed by atoms with Gasteiger partial charge in [0, 0.05) is 6.54 Å². The van der Waals surface area contributed by atoms with Gasteiger partial charge in [0.15, 0.2) is 5.82 Å². The third-order valence-corrected chi connectivity index (χ3v) is 2.38. The highest BCUT2D eigenvalue weighted by Crippen LogP contribution is 2.03. The summed E-state index contributed by atoms with van der Waals surface area (Å²) in [5, 5.41) is 2.65. The van der Waals surface area contributed by atoms with Gasteiger partial charge in [0.2, 0.25) is 0 Å². The van der Waals surface area contributed by atoms with Crippen molar-refractivity contribution < 1.29 is 9.18 Å². The monoisotopic (exact) mass is 261 g/mol. The van der Waals surface area contributed by atoms with Crippen molar-refractivity contribution in [3.63, 3.8) is 0 Å². The number of amides is 1. The number of benzene rings is 1. The Labute approximate surface area is 108 Å². The molecular weight excluding hydrogens is 249 g/mol. The maximum atomic E-state index is 12.7. The number of nitrogen functional groups attached to an aromatic ring is 1. The van der Waals surface area contributed by atoms with Crippen LogP contribution in [0.5, 0.6) is 0 Å². The highest BCUT2D eigenvalue weighted by Gasteiger charge is 2.08. The number of carbonyl (C=O) groups excluding carboxylic acids is 1. The number of carbonyl (C=O) groups is 1. The summed E-state index contributed by atoms with van der Waals surface area (Å²) in [6.07, 6.45) is 2.73. The van der Waals surface area contributed by atoms with Gasteiger partial charge in [-0.25, -0.2) is 15.2 Å². The van der Waals surface area contributed by atoms with E-state index in [1.807, 2.05) is 0 Å². The molecule has 1 amide bonds. The van der Waals surface area contributed by atoms with Crippen LogP contribution in [0, 0.1) is 5.82 Å². The van der Waals surface area contributed by atoms with Crippen molar-refractivity contribution in [1.29, 1.82) is 0 Å². The molecule has 0 aliphatic carbocycles. The van der Waals surface area contributed by atoms with E-state index in [0.29, 0.717) is 5.82 Å². The van der Waals surface area contributed by atoms with Gasteiger partial charge in [0.1, 0.15) is 11.5 Å². The molecule has 0 saturated carbocycles. The Kier molecular flexibility index (Phi) is 3.99. The fourth-order valence-electron chi connectivity index (χ4n) is 1.42. The summed E-state index contributed by atoms with van der Waals surface area (Å²) in [6, 6.07) is 5.86. The minimum atomic E-state index is -0.381. The van der Waals surface area contributed by atoms with Gasteiger partial charge in [-0.2, -0.15) is 0 Å². The van der Waals surface area contributed by atoms with E-state index in [9.17, 15) is 9.18 Å². The van der Waals surface area contributed by atoms with E-state index in [0.717, 1.165) is 5.56 Å². The Morgan fingerprint density at radius 2 is 2.00 bits per heavy atom. The van der Waals surface area contributed by atoms with Gasteiger partial charge in [-0.05, 0) is 17.7 Å². The molecule has 98 valence electrons. The van der Waals surface area contributed by atoms with Gasteiger partial charge in [0.25, 0.3) is 5.91 Å². The largest absolute Gasteiger partial charge is 0.347 e. The molecule has 2 rings (SSSR count). The second kappa shape index (κ2) is 5.87. The van der Waals surface area contributed by atoms with Crippen molar-refractivity contribution in [3.8, 4) is 0 Å². The maximum Gasteiger partial charge on any atom is 0.271 e. The van der Waals surface area contributed by atoms with Crippen LogP contribution in [0.2, 0.25) is 0 Å². The van der Waals surface area contributed by atoms with Crippen LogP contribution in [-0.2, 0) is 6.54 Å². The third kappa shape index (κ3) is 3.46. The molecule has 1 heterocycles. The van der Waals surface area contributed by atoms with Crippen LogP contribution in [0.25, 0.3) is 0 Å². The predicted molar refractivity (Wildman–Crippen MR) is 67.4 cm³/mol. The summed E-state index contributed by atoms with van der Waals surface area (Å²) in [4.78, 5) is 19.6. The van der Waals surface area contributed by atoms with Gasteiger partial charge >= 0.3 is 0 Å². The molecule has 0 atom stereocenters. The molecule has 1 aromatic carbocycles. The number of nitrogens with one attached hydrogen (secondary N) is 2. The van der Waals surface area contributed by atoms with Crippen LogP contribution >= 0.6 is 0 Å². The number of aromatic nitrogens is 2. The number of hydrogen-bond donors (Lipinski definition) is 3. The number of anilines is 1. The van der Waals surface area contributed by atoms with E-state index < -0.39 is 0 Å². The van der Waals surface area contributed by atoms with E-state index in [2.05, 4.69) is 20.7 Å². The van der Waals surface area contributed by atoms with E-state index in [1.54, 1.807) is 12.1 Å². The summed E-state index contributed by atoms with van der Waals surface area (Å²) in [7, 11) is 0. The third-order valence-electron chi connectivity index (χ3n) is 2.38. The first-order chi connectivity index (χ1) is 9.19. The van der Waals surface area contributed by atoms with Crippen LogP contribution in [0.3, 0.4) is 0 Å². The zero-order valence-corrected chi connectivity index (χ0v) is 9.93. The Bertz CT molecular complexity index is 573. The molecule has 0 bridgehead atoms. The van der Waals surface area contributed by atoms with Crippen LogP contribution in [0.15, 0.2) is 36.7 Å². The van der Waals surface area contributed by atoms with Crippen molar-refractivity contribution in [1.82, 2.24) is 15.3 Å². The van der Waals surface area contributed by atoms with Gasteiger partial charge in [-0.15, -0.1) is 0 Å². The molecule has 2 aromatic rings. The number of halogens is 1. The Morgan fingerprint density at radius 3 is 2.68 bits per heavy atom. The molecule has 1 aromatic heterocycles. The minimum Gasteiger partial charge on any atom is -0.347 e. The second-order valence-electron chi connectivity index (χ2n) is 3.74. The zero-order valence-electron chi connectivity index (χ0n) is 9.93. The van der Waals surface area contributed by atoms with Crippen molar-refractivity contribution in [2.24, 2.45) is 5.84 Å². The lowest BCUT2D eigenvalue weighted by Crippen LogP contribution is -2.24. The first-order valence-electron chi connectivity index (χ1n) is 5.50. The summed E-state index contributed by atoms with van der Waals surface area (Å²) in [5.74, 6) is 4.78. The summed E-state index contributed by atoms with van der Waals surface area (Å²) in [5.41, 5.74) is 3.25. The lowest BCUT2D eigenvalue weighted by Gasteiger charge is -2.05. The number of rotatable bonds is 4. The molecular formula is C12H12FN5O. The van der Waals surface area contributed by atoms with Gasteiger partial charge in [0.05, 0.1) is 12.4 Å². The molecule has 0 aliphatic rings. The summed E-state index contributed by atoms with van der Waals surface area (Å²) < 4.78 is 12.7. The Morgan fingerprint density at radius 1 is 1.26 bits per heavy atom. The first-order valence-corrected chi connectivity index (χ1v) is 5.50. The maximum absolute atomic E-state index is 12.7. The number of hydrazine groups is 1. The van der Waals surface area contributed by atoms with Crippen molar-refractivity contribution in [3.05, 3.63) is 53.7 Å². The molecule has 0 spiro atoms. The number of hydrogen-bond acceptors (Lipinski definition) is 5. The summed E-state index contributed by atoms with van der Waals surface area (Å²) in [6.45, 7) is 0.279. The molecule has 4 N–H and O–H groups in total. The molecule has 19 heavy (non-hydrogen) atoms. The van der Waals surface area contributed by atoms with Crippen molar-refractivity contribution >= 4 is 11.7 Å². The number of nitrogens with two attached hydrogens (primary N) is 1. The quantitative estimate of drug-likeness (QED) is 0.560. The van der Waals surface area contributed by atoms with E-state index in [-0.39, 0.29) is 24.0 Å². The van der Waals surface area contributed by atoms with Crippen molar-refractivity contribution in [2.45, 2.75) is 6.54 Å². The Balaban J connectivity index is 1.99. The second-order valence-corrected chi connectivity index (χ2v) is 3.74. The topological polar surface area (TPSA) is 92.9 Å². The first kappa shape index (κ1) is 12.9. The fourth-order valence-corrected chi connectivity index (χ4v) is 1.42. The van der Waals surface area contributed by atoms with Crippen LogP contribution in [-0.4, -0.2) is 15.9 Å². The highest BCUT2D eigenvalue weighted by atomic mass is 19.1.